The Hall–Kier alpha value is -2.42. The molecule has 2 aliphatic rings. The van der Waals surface area contributed by atoms with Crippen molar-refractivity contribution in [3.8, 4) is 0 Å². The average Bonchev–Trinajstić information content (AvgIpc) is 3.47. The minimum absolute atomic E-state index is 0.110. The molecule has 26 heavy (non-hydrogen) atoms. The van der Waals surface area contributed by atoms with E-state index in [0.717, 1.165) is 5.56 Å². The van der Waals surface area contributed by atoms with Crippen LogP contribution >= 0.6 is 10.6 Å². The van der Waals surface area contributed by atoms with E-state index in [2.05, 4.69) is 20.3 Å². The van der Waals surface area contributed by atoms with Crippen LogP contribution in [0, 0.1) is 0 Å². The summed E-state index contributed by atoms with van der Waals surface area (Å²) in [5.41, 5.74) is 8.25. The first-order valence-electron chi connectivity index (χ1n) is 8.50. The number of fused-ring (bicyclic) bond motifs is 1. The van der Waals surface area contributed by atoms with Crippen molar-refractivity contribution < 1.29 is 9.11 Å². The molecule has 0 spiro atoms. The predicted molar refractivity (Wildman–Crippen MR) is 106 cm³/mol. The lowest BCUT2D eigenvalue weighted by atomic mass is 9.91. The van der Waals surface area contributed by atoms with Gasteiger partial charge in [-0.3, -0.25) is 14.1 Å². The number of rotatable bonds is 4. The molecule has 5 N–H and O–H groups in total. The van der Waals surface area contributed by atoms with Crippen LogP contribution in [0.25, 0.3) is 0 Å². The highest BCUT2D eigenvalue weighted by molar-refractivity contribution is 8.40. The summed E-state index contributed by atoms with van der Waals surface area (Å²) in [6.07, 6.45) is 2.41. The van der Waals surface area contributed by atoms with E-state index in [0.29, 0.717) is 41.5 Å². The van der Waals surface area contributed by atoms with E-state index in [-0.39, 0.29) is 16.9 Å². The van der Waals surface area contributed by atoms with Crippen LogP contribution in [0.5, 0.6) is 0 Å². The Bertz CT molecular complexity index is 911. The van der Waals surface area contributed by atoms with Gasteiger partial charge in [-0.1, -0.05) is 36.4 Å². The number of nitrogen functional groups attached to an aromatic ring is 1. The number of hydrogen-bond donors (Lipinski definition) is 4. The lowest BCUT2D eigenvalue weighted by Gasteiger charge is -2.36. The van der Waals surface area contributed by atoms with Gasteiger partial charge in [-0.2, -0.15) is 4.98 Å². The van der Waals surface area contributed by atoms with E-state index in [9.17, 15) is 9.11 Å². The second-order valence-corrected chi connectivity index (χ2v) is 8.26. The Labute approximate surface area is 153 Å². The third-order valence-electron chi connectivity index (χ3n) is 4.47. The smallest absolute Gasteiger partial charge is 0.222 e. The van der Waals surface area contributed by atoms with Crippen LogP contribution in [0.4, 0.5) is 11.8 Å². The summed E-state index contributed by atoms with van der Waals surface area (Å²) in [6, 6.07) is 9.92. The van der Waals surface area contributed by atoms with Crippen molar-refractivity contribution >= 4 is 27.4 Å². The zero-order valence-corrected chi connectivity index (χ0v) is 15.2. The quantitative estimate of drug-likeness (QED) is 0.654. The molecule has 136 valence electrons. The Morgan fingerprint density at radius 1 is 1.23 bits per heavy atom. The highest BCUT2D eigenvalue weighted by atomic mass is 32.3. The molecule has 1 aliphatic carbocycles. The Balaban J connectivity index is 1.91. The fraction of sp³-hybridized carbons (Fsp3) is 0.278. The predicted octanol–water partition coefficient (Wildman–Crippen LogP) is 3.42. The van der Waals surface area contributed by atoms with Gasteiger partial charge in [0.2, 0.25) is 5.95 Å². The lowest BCUT2D eigenvalue weighted by molar-refractivity contribution is 0.512. The van der Waals surface area contributed by atoms with Crippen LogP contribution in [0.3, 0.4) is 0 Å². The van der Waals surface area contributed by atoms with E-state index in [1.807, 2.05) is 43.3 Å². The summed E-state index contributed by atoms with van der Waals surface area (Å²) >= 11 is 0. The van der Waals surface area contributed by atoms with Crippen LogP contribution < -0.4 is 11.1 Å². The molecular weight excluding hydrogens is 350 g/mol. The normalized spacial score (nSPS) is 19.3. The number of nitrogens with two attached hydrogens (primary N) is 1. The van der Waals surface area contributed by atoms with Crippen molar-refractivity contribution in [1.82, 2.24) is 9.97 Å². The fourth-order valence-corrected chi connectivity index (χ4v) is 4.71. The first-order valence-corrected chi connectivity index (χ1v) is 10.1. The topological polar surface area (TPSA) is 117 Å². The standard InChI is InChI=1S/C18H21N5O2S/c1-2-20-16-14-15(22-18(19)23-16)13(11-6-4-3-5-7-11)10-21-17(14)26(24,25)12-8-9-12/h3-8,13,24-25H,2,9-10H2,1H3,(H3,19,20,22,23). The number of aromatic nitrogens is 2. The van der Waals surface area contributed by atoms with Crippen molar-refractivity contribution in [3.63, 3.8) is 0 Å². The summed E-state index contributed by atoms with van der Waals surface area (Å²) in [5.74, 6) is 0.542. The summed E-state index contributed by atoms with van der Waals surface area (Å²) in [6.45, 7) is 2.95. The SMILES string of the molecule is CCNc1nc(N)nc2c1C(S(O)(O)C1=CC1)=NCC2c1ccccc1. The molecule has 8 heteroatoms. The van der Waals surface area contributed by atoms with Crippen molar-refractivity contribution in [2.24, 2.45) is 4.99 Å². The molecule has 0 radical (unpaired) electrons. The number of anilines is 2. The number of hydrogen-bond acceptors (Lipinski definition) is 7. The lowest BCUT2D eigenvalue weighted by Crippen LogP contribution is -2.27. The number of aliphatic imine (C=N–C) groups is 1. The number of allylic oxidation sites excluding steroid dienone is 2. The summed E-state index contributed by atoms with van der Waals surface area (Å²) < 4.78 is 21.5. The van der Waals surface area contributed by atoms with Crippen LogP contribution in [-0.2, 0) is 0 Å². The Morgan fingerprint density at radius 3 is 2.62 bits per heavy atom. The van der Waals surface area contributed by atoms with E-state index < -0.39 is 10.6 Å². The molecule has 1 aliphatic heterocycles. The van der Waals surface area contributed by atoms with Gasteiger partial charge in [0.15, 0.2) is 5.04 Å². The monoisotopic (exact) mass is 371 g/mol. The molecule has 0 saturated carbocycles. The number of nitrogens with zero attached hydrogens (tertiary/aromatic N) is 3. The minimum Gasteiger partial charge on any atom is -0.370 e. The molecule has 2 aromatic rings. The van der Waals surface area contributed by atoms with Gasteiger partial charge < -0.3 is 11.1 Å². The van der Waals surface area contributed by atoms with E-state index in [1.54, 1.807) is 0 Å². The molecular formula is C18H21N5O2S. The molecule has 1 atom stereocenters. The molecule has 1 aromatic carbocycles. The molecule has 1 aromatic heterocycles. The van der Waals surface area contributed by atoms with E-state index >= 15 is 0 Å². The van der Waals surface area contributed by atoms with Gasteiger partial charge in [0, 0.05) is 23.8 Å². The van der Waals surface area contributed by atoms with Gasteiger partial charge in [-0.15, -0.1) is 10.6 Å². The van der Waals surface area contributed by atoms with Gasteiger partial charge >= 0.3 is 0 Å². The maximum atomic E-state index is 10.8. The zero-order chi connectivity index (χ0) is 18.3. The summed E-state index contributed by atoms with van der Waals surface area (Å²) in [5, 5.41) is 3.43. The Kier molecular flexibility index (Phi) is 4.18. The Morgan fingerprint density at radius 2 is 1.96 bits per heavy atom. The molecule has 0 saturated heterocycles. The average molecular weight is 371 g/mol. The second kappa shape index (κ2) is 6.39. The number of nitrogens with one attached hydrogen (secondary N) is 1. The third-order valence-corrected chi connectivity index (χ3v) is 6.40. The molecule has 2 heterocycles. The largest absolute Gasteiger partial charge is 0.370 e. The van der Waals surface area contributed by atoms with E-state index in [1.165, 1.54) is 0 Å². The van der Waals surface area contributed by atoms with Gasteiger partial charge in [-0.05, 0) is 12.5 Å². The molecule has 0 amide bonds. The van der Waals surface area contributed by atoms with Crippen molar-refractivity contribution in [1.29, 1.82) is 0 Å². The first kappa shape index (κ1) is 17.0. The summed E-state index contributed by atoms with van der Waals surface area (Å²) in [7, 11) is -3.11. The van der Waals surface area contributed by atoms with Gasteiger partial charge in [-0.25, -0.2) is 4.98 Å². The summed E-state index contributed by atoms with van der Waals surface area (Å²) in [4.78, 5) is 14.0. The highest BCUT2D eigenvalue weighted by Gasteiger charge is 2.39. The maximum absolute atomic E-state index is 10.8. The molecule has 0 fully saturated rings. The van der Waals surface area contributed by atoms with Crippen LogP contribution in [-0.4, -0.2) is 37.2 Å². The molecule has 7 nitrogen and oxygen atoms in total. The van der Waals surface area contributed by atoms with Crippen molar-refractivity contribution in [3.05, 3.63) is 58.1 Å². The van der Waals surface area contributed by atoms with Gasteiger partial charge in [0.1, 0.15) is 5.82 Å². The van der Waals surface area contributed by atoms with Crippen molar-refractivity contribution in [2.45, 2.75) is 19.3 Å². The second-order valence-electron chi connectivity index (χ2n) is 6.25. The van der Waals surface area contributed by atoms with Crippen LogP contribution in [0.2, 0.25) is 0 Å². The third kappa shape index (κ3) is 2.86. The maximum Gasteiger partial charge on any atom is 0.222 e. The van der Waals surface area contributed by atoms with Gasteiger partial charge in [0.05, 0.1) is 17.8 Å². The van der Waals surface area contributed by atoms with Crippen LogP contribution in [0.15, 0.2) is 46.3 Å². The molecule has 1 unspecified atom stereocenters. The zero-order valence-electron chi connectivity index (χ0n) is 14.4. The first-order chi connectivity index (χ1) is 12.5. The fourth-order valence-electron chi connectivity index (χ4n) is 3.17. The van der Waals surface area contributed by atoms with Crippen molar-refractivity contribution in [2.75, 3.05) is 24.1 Å². The number of benzene rings is 1. The van der Waals surface area contributed by atoms with E-state index in [4.69, 9.17) is 5.73 Å². The highest BCUT2D eigenvalue weighted by Crippen LogP contribution is 2.59. The van der Waals surface area contributed by atoms with Gasteiger partial charge in [0.25, 0.3) is 0 Å². The van der Waals surface area contributed by atoms with Crippen LogP contribution in [0.1, 0.15) is 36.1 Å². The molecule has 4 rings (SSSR count). The molecule has 0 bridgehead atoms. The minimum atomic E-state index is -3.11.